The van der Waals surface area contributed by atoms with Crippen molar-refractivity contribution in [1.29, 1.82) is 0 Å². The van der Waals surface area contributed by atoms with Gasteiger partial charge in [0, 0.05) is 23.6 Å². The summed E-state index contributed by atoms with van der Waals surface area (Å²) in [5.41, 5.74) is 8.86. The molecule has 0 radical (unpaired) electrons. The zero-order valence-corrected chi connectivity index (χ0v) is 6.41. The Morgan fingerprint density at radius 3 is 2.91 bits per heavy atom. The molecule has 0 spiro atoms. The van der Waals surface area contributed by atoms with Gasteiger partial charge in [-0.25, -0.2) is 0 Å². The highest BCUT2D eigenvalue weighted by atomic mass is 14.9. The van der Waals surface area contributed by atoms with Gasteiger partial charge in [0.1, 0.15) is 0 Å². The van der Waals surface area contributed by atoms with Crippen LogP contribution in [0.5, 0.6) is 0 Å². The maximum atomic E-state index is 5.61. The van der Waals surface area contributed by atoms with E-state index in [1.54, 1.807) is 0 Å². The largest absolute Gasteiger partial charge is 0.398 e. The second-order valence-electron chi connectivity index (χ2n) is 2.81. The van der Waals surface area contributed by atoms with E-state index in [0.29, 0.717) is 0 Å². The molecule has 2 rings (SSSR count). The fourth-order valence-corrected chi connectivity index (χ4v) is 1.27. The number of hydrogen-bond acceptors (Lipinski definition) is 1. The van der Waals surface area contributed by atoms with Crippen LogP contribution in [-0.2, 0) is 0 Å². The van der Waals surface area contributed by atoms with Crippen molar-refractivity contribution in [3.63, 3.8) is 0 Å². The first kappa shape index (κ1) is 6.28. The zero-order chi connectivity index (χ0) is 7.84. The van der Waals surface area contributed by atoms with Crippen molar-refractivity contribution in [1.82, 2.24) is 4.40 Å². The molecule has 2 aromatic rings. The van der Waals surface area contributed by atoms with Gasteiger partial charge in [0.05, 0.1) is 0 Å². The summed E-state index contributed by atoms with van der Waals surface area (Å²) in [4.78, 5) is 0. The lowest BCUT2D eigenvalue weighted by Crippen LogP contribution is -1.87. The van der Waals surface area contributed by atoms with Crippen LogP contribution in [0.1, 0.15) is 5.56 Å². The van der Waals surface area contributed by atoms with Gasteiger partial charge < -0.3 is 10.1 Å². The number of aryl methyl sites for hydroxylation is 1. The monoisotopic (exact) mass is 146 g/mol. The minimum atomic E-state index is 0.799. The second kappa shape index (κ2) is 2.02. The molecular formula is C9H10N2. The molecule has 0 fully saturated rings. The van der Waals surface area contributed by atoms with Crippen LogP contribution < -0.4 is 5.73 Å². The van der Waals surface area contributed by atoms with Crippen LogP contribution in [0.4, 0.5) is 5.69 Å². The van der Waals surface area contributed by atoms with Gasteiger partial charge in [0.15, 0.2) is 0 Å². The molecule has 2 nitrogen and oxygen atoms in total. The van der Waals surface area contributed by atoms with E-state index in [-0.39, 0.29) is 0 Å². The van der Waals surface area contributed by atoms with E-state index < -0.39 is 0 Å². The summed E-state index contributed by atoms with van der Waals surface area (Å²) >= 11 is 0. The van der Waals surface area contributed by atoms with Crippen molar-refractivity contribution in [3.8, 4) is 0 Å². The Labute approximate surface area is 65.3 Å². The van der Waals surface area contributed by atoms with Gasteiger partial charge >= 0.3 is 0 Å². The Bertz CT molecular complexity index is 387. The summed E-state index contributed by atoms with van der Waals surface area (Å²) < 4.78 is 2.03. The lowest BCUT2D eigenvalue weighted by molar-refractivity contribution is 1.19. The van der Waals surface area contributed by atoms with E-state index >= 15 is 0 Å². The molecule has 0 bridgehead atoms. The first-order valence-corrected chi connectivity index (χ1v) is 3.59. The van der Waals surface area contributed by atoms with Gasteiger partial charge in [-0.05, 0) is 30.7 Å². The molecular weight excluding hydrogens is 136 g/mol. The summed E-state index contributed by atoms with van der Waals surface area (Å²) in [5.74, 6) is 0. The van der Waals surface area contributed by atoms with E-state index in [9.17, 15) is 0 Å². The van der Waals surface area contributed by atoms with Crippen LogP contribution in [0.2, 0.25) is 0 Å². The van der Waals surface area contributed by atoms with Crippen LogP contribution in [0.25, 0.3) is 5.52 Å². The topological polar surface area (TPSA) is 30.4 Å². The number of pyridine rings is 1. The van der Waals surface area contributed by atoms with Gasteiger partial charge in [-0.15, -0.1) is 0 Å². The number of rotatable bonds is 0. The minimum Gasteiger partial charge on any atom is -0.398 e. The number of fused-ring (bicyclic) bond motifs is 1. The van der Waals surface area contributed by atoms with Crippen LogP contribution in [-0.4, -0.2) is 4.40 Å². The van der Waals surface area contributed by atoms with Gasteiger partial charge in [-0.3, -0.25) is 0 Å². The van der Waals surface area contributed by atoms with Crippen molar-refractivity contribution < 1.29 is 0 Å². The average molecular weight is 146 g/mol. The third-order valence-electron chi connectivity index (χ3n) is 1.75. The van der Waals surface area contributed by atoms with Crippen LogP contribution in [0.15, 0.2) is 30.6 Å². The number of nitrogens with two attached hydrogens (primary N) is 1. The molecule has 0 aliphatic carbocycles. The van der Waals surface area contributed by atoms with Crippen molar-refractivity contribution in [2.75, 3.05) is 5.73 Å². The Hall–Kier alpha value is -1.44. The normalized spacial score (nSPS) is 10.6. The molecule has 0 amide bonds. The Morgan fingerprint density at radius 2 is 2.09 bits per heavy atom. The average Bonchev–Trinajstić information content (AvgIpc) is 2.27. The fourth-order valence-electron chi connectivity index (χ4n) is 1.27. The van der Waals surface area contributed by atoms with Crippen LogP contribution in [0.3, 0.4) is 0 Å². The van der Waals surface area contributed by atoms with E-state index in [4.69, 9.17) is 5.73 Å². The number of hydrogen-bond donors (Lipinski definition) is 1. The molecule has 2 N–H and O–H groups in total. The number of aromatic nitrogens is 1. The first-order valence-electron chi connectivity index (χ1n) is 3.59. The molecule has 0 unspecified atom stereocenters. The van der Waals surface area contributed by atoms with Crippen molar-refractivity contribution in [3.05, 3.63) is 36.2 Å². The third-order valence-corrected chi connectivity index (χ3v) is 1.75. The molecule has 11 heavy (non-hydrogen) atoms. The first-order chi connectivity index (χ1) is 5.25. The predicted molar refractivity (Wildman–Crippen MR) is 46.5 cm³/mol. The highest BCUT2D eigenvalue weighted by molar-refractivity contribution is 5.54. The molecule has 0 aromatic carbocycles. The molecule has 2 heteroatoms. The van der Waals surface area contributed by atoms with Crippen LogP contribution >= 0.6 is 0 Å². The van der Waals surface area contributed by atoms with Crippen molar-refractivity contribution in [2.24, 2.45) is 0 Å². The third kappa shape index (κ3) is 0.963. The van der Waals surface area contributed by atoms with Gasteiger partial charge in [-0.1, -0.05) is 0 Å². The van der Waals surface area contributed by atoms with Gasteiger partial charge in [-0.2, -0.15) is 0 Å². The smallest absolute Gasteiger partial charge is 0.0483 e. The van der Waals surface area contributed by atoms with E-state index in [2.05, 4.69) is 19.2 Å². The molecule has 2 aromatic heterocycles. The molecule has 0 aliphatic heterocycles. The highest BCUT2D eigenvalue weighted by Gasteiger charge is 1.93. The number of nitrogens with zero attached hydrogens (tertiary/aromatic N) is 1. The number of anilines is 1. The predicted octanol–water partition coefficient (Wildman–Crippen LogP) is 1.83. The Balaban J connectivity index is 2.82. The van der Waals surface area contributed by atoms with E-state index in [1.807, 2.05) is 22.7 Å². The molecule has 0 atom stereocenters. The molecule has 2 heterocycles. The summed E-state index contributed by atoms with van der Waals surface area (Å²) in [7, 11) is 0. The second-order valence-corrected chi connectivity index (χ2v) is 2.81. The van der Waals surface area contributed by atoms with Gasteiger partial charge in [0.2, 0.25) is 0 Å². The molecule has 0 aliphatic rings. The summed E-state index contributed by atoms with van der Waals surface area (Å²) in [6, 6.07) is 6.05. The van der Waals surface area contributed by atoms with Crippen molar-refractivity contribution >= 4 is 11.2 Å². The van der Waals surface area contributed by atoms with E-state index in [1.165, 1.54) is 11.1 Å². The standard InChI is InChI=1S/C9H10N2/c1-7-4-9-3-2-8(10)6-11(9)5-7/h2-6H,10H2,1H3. The van der Waals surface area contributed by atoms with Gasteiger partial charge in [0.25, 0.3) is 0 Å². The maximum Gasteiger partial charge on any atom is 0.0483 e. The maximum absolute atomic E-state index is 5.61. The molecule has 56 valence electrons. The quantitative estimate of drug-likeness (QED) is 0.603. The fraction of sp³-hybridized carbons (Fsp3) is 0.111. The molecule has 0 saturated heterocycles. The lowest BCUT2D eigenvalue weighted by Gasteiger charge is -1.94. The Morgan fingerprint density at radius 1 is 1.27 bits per heavy atom. The Kier molecular flexibility index (Phi) is 1.15. The SMILES string of the molecule is Cc1cc2ccc(N)cn2c1. The highest BCUT2D eigenvalue weighted by Crippen LogP contribution is 2.11. The minimum absolute atomic E-state index is 0.799. The number of nitrogen functional groups attached to an aromatic ring is 1. The van der Waals surface area contributed by atoms with E-state index in [0.717, 1.165) is 5.69 Å². The zero-order valence-electron chi connectivity index (χ0n) is 6.41. The van der Waals surface area contributed by atoms with Crippen LogP contribution in [0, 0.1) is 6.92 Å². The summed E-state index contributed by atoms with van der Waals surface area (Å²) in [6.07, 6.45) is 3.98. The lowest BCUT2D eigenvalue weighted by atomic mass is 10.3. The summed E-state index contributed by atoms with van der Waals surface area (Å²) in [6.45, 7) is 2.07. The summed E-state index contributed by atoms with van der Waals surface area (Å²) in [5, 5.41) is 0. The van der Waals surface area contributed by atoms with Crippen molar-refractivity contribution in [2.45, 2.75) is 6.92 Å². The molecule has 0 saturated carbocycles.